The Hall–Kier alpha value is -2.98. The Balaban J connectivity index is 1.71. The van der Waals surface area contributed by atoms with E-state index < -0.39 is 0 Å². The second kappa shape index (κ2) is 9.64. The average molecular weight is 374 g/mol. The highest BCUT2D eigenvalue weighted by molar-refractivity contribution is 7.80. The zero-order valence-electron chi connectivity index (χ0n) is 15.4. The summed E-state index contributed by atoms with van der Waals surface area (Å²) in [4.78, 5) is 0. The Labute approximate surface area is 166 Å². The van der Waals surface area contributed by atoms with E-state index in [4.69, 9.17) is 12.2 Å². The minimum atomic E-state index is 0.489. The third-order valence-corrected chi connectivity index (χ3v) is 4.40. The molecule has 3 aromatic carbocycles. The molecule has 0 heterocycles. The van der Waals surface area contributed by atoms with Gasteiger partial charge in [-0.2, -0.15) is 5.10 Å². The number of para-hydroxylation sites is 1. The van der Waals surface area contributed by atoms with Crippen LogP contribution in [0.5, 0.6) is 0 Å². The molecule has 0 unspecified atom stereocenters. The van der Waals surface area contributed by atoms with Crippen LogP contribution in [0.4, 0.5) is 5.69 Å². The van der Waals surface area contributed by atoms with E-state index in [1.807, 2.05) is 67.6 Å². The Bertz CT molecular complexity index is 862. The van der Waals surface area contributed by atoms with E-state index in [1.54, 1.807) is 0 Å². The summed E-state index contributed by atoms with van der Waals surface area (Å²) in [6.07, 6.45) is 1.55. The highest BCUT2D eigenvalue weighted by Gasteiger charge is 2.05. The molecule has 136 valence electrons. The lowest BCUT2D eigenvalue weighted by Crippen LogP contribution is -2.26. The van der Waals surface area contributed by atoms with Gasteiger partial charge in [-0.25, -0.2) is 0 Å². The molecular formula is C23H23N3S. The van der Waals surface area contributed by atoms with Crippen LogP contribution in [-0.2, 0) is 12.8 Å². The molecule has 4 heteroatoms. The van der Waals surface area contributed by atoms with Crippen LogP contribution in [0.25, 0.3) is 0 Å². The predicted octanol–water partition coefficient (Wildman–Crippen LogP) is 5.12. The van der Waals surface area contributed by atoms with Gasteiger partial charge < -0.3 is 5.32 Å². The Morgan fingerprint density at radius 2 is 1.30 bits per heavy atom. The lowest BCUT2D eigenvalue weighted by atomic mass is 10.0. The molecule has 3 nitrogen and oxygen atoms in total. The van der Waals surface area contributed by atoms with Gasteiger partial charge in [0.1, 0.15) is 0 Å². The molecule has 0 aromatic heterocycles. The molecule has 3 rings (SSSR count). The number of benzene rings is 3. The van der Waals surface area contributed by atoms with Crippen molar-refractivity contribution >= 4 is 28.7 Å². The summed E-state index contributed by atoms with van der Waals surface area (Å²) < 4.78 is 0. The number of nitrogens with one attached hydrogen (secondary N) is 2. The Morgan fingerprint density at radius 1 is 0.778 bits per heavy atom. The van der Waals surface area contributed by atoms with Crippen molar-refractivity contribution in [2.45, 2.75) is 19.8 Å². The summed E-state index contributed by atoms with van der Waals surface area (Å²) in [6, 6.07) is 28.7. The number of thiocarbonyl (C=S) groups is 1. The third-order valence-electron chi connectivity index (χ3n) is 4.21. The van der Waals surface area contributed by atoms with Crippen LogP contribution in [0.15, 0.2) is 90.0 Å². The van der Waals surface area contributed by atoms with Crippen LogP contribution >= 0.6 is 12.2 Å². The second-order valence-electron chi connectivity index (χ2n) is 6.38. The van der Waals surface area contributed by atoms with Gasteiger partial charge in [-0.05, 0) is 41.9 Å². The van der Waals surface area contributed by atoms with Crippen molar-refractivity contribution in [2.75, 3.05) is 5.32 Å². The summed E-state index contributed by atoms with van der Waals surface area (Å²) in [6.45, 7) is 2.05. The van der Waals surface area contributed by atoms with Gasteiger partial charge in [0.05, 0.1) is 0 Å². The fraction of sp³-hybridized carbons (Fsp3) is 0.130. The van der Waals surface area contributed by atoms with Gasteiger partial charge in [0.25, 0.3) is 0 Å². The molecule has 0 bridgehead atoms. The molecule has 0 saturated carbocycles. The number of nitrogens with zero attached hydrogens (tertiary/aromatic N) is 1. The summed E-state index contributed by atoms with van der Waals surface area (Å²) in [5, 5.41) is 8.30. The predicted molar refractivity (Wildman–Crippen MR) is 118 cm³/mol. The fourth-order valence-corrected chi connectivity index (χ4v) is 2.95. The van der Waals surface area contributed by atoms with E-state index in [-0.39, 0.29) is 0 Å². The van der Waals surface area contributed by atoms with Crippen LogP contribution in [-0.4, -0.2) is 10.8 Å². The van der Waals surface area contributed by atoms with E-state index in [2.05, 4.69) is 40.1 Å². The first-order valence-electron chi connectivity index (χ1n) is 8.96. The molecule has 0 aliphatic heterocycles. The molecule has 27 heavy (non-hydrogen) atoms. The summed E-state index contributed by atoms with van der Waals surface area (Å²) >= 11 is 5.41. The molecule has 2 N–H and O–H groups in total. The van der Waals surface area contributed by atoms with Gasteiger partial charge in [0.2, 0.25) is 0 Å². The van der Waals surface area contributed by atoms with Crippen LogP contribution < -0.4 is 10.7 Å². The van der Waals surface area contributed by atoms with E-state index in [1.165, 1.54) is 11.1 Å². The number of anilines is 1. The number of hydrogen-bond donors (Lipinski definition) is 2. The first-order chi connectivity index (χ1) is 13.2. The smallest absolute Gasteiger partial charge is 0.191 e. The van der Waals surface area contributed by atoms with E-state index in [9.17, 15) is 0 Å². The molecule has 0 atom stereocenters. The molecule has 0 aliphatic carbocycles. The summed E-state index contributed by atoms with van der Waals surface area (Å²) in [5.74, 6) is 0. The molecule has 0 aliphatic rings. The standard InChI is InChI=1S/C23H23N3S/c1-18-10-8-9-15-22(18)24-23(27)26-25-21(16-19-11-4-2-5-12-19)17-20-13-6-3-7-14-20/h2-15H,16-17H2,1H3,(H2,24,26,27). The topological polar surface area (TPSA) is 36.4 Å². The summed E-state index contributed by atoms with van der Waals surface area (Å²) in [5.41, 5.74) is 8.62. The second-order valence-corrected chi connectivity index (χ2v) is 6.79. The molecule has 0 amide bonds. The maximum Gasteiger partial charge on any atom is 0.191 e. The van der Waals surface area contributed by atoms with Gasteiger partial charge in [-0.15, -0.1) is 0 Å². The zero-order chi connectivity index (χ0) is 18.9. The van der Waals surface area contributed by atoms with Crippen LogP contribution in [0, 0.1) is 6.92 Å². The van der Waals surface area contributed by atoms with Gasteiger partial charge in [0.15, 0.2) is 5.11 Å². The zero-order valence-corrected chi connectivity index (χ0v) is 16.2. The van der Waals surface area contributed by atoms with E-state index >= 15 is 0 Å². The maximum atomic E-state index is 5.41. The highest BCUT2D eigenvalue weighted by atomic mass is 32.1. The lowest BCUT2D eigenvalue weighted by Gasteiger charge is -2.12. The minimum absolute atomic E-state index is 0.489. The van der Waals surface area contributed by atoms with Gasteiger partial charge in [-0.3, -0.25) is 5.43 Å². The average Bonchev–Trinajstić information content (AvgIpc) is 2.69. The normalized spacial score (nSPS) is 10.1. The van der Waals surface area contributed by atoms with Gasteiger partial charge in [-0.1, -0.05) is 78.9 Å². The quantitative estimate of drug-likeness (QED) is 0.358. The number of hydrogen-bond acceptors (Lipinski definition) is 2. The number of aryl methyl sites for hydroxylation is 1. The minimum Gasteiger partial charge on any atom is -0.331 e. The van der Waals surface area contributed by atoms with Gasteiger partial charge >= 0.3 is 0 Å². The third kappa shape index (κ3) is 6.04. The van der Waals surface area contributed by atoms with Crippen molar-refractivity contribution in [1.82, 2.24) is 5.43 Å². The first kappa shape index (κ1) is 18.8. The van der Waals surface area contributed by atoms with Crippen LogP contribution in [0.1, 0.15) is 16.7 Å². The SMILES string of the molecule is Cc1ccccc1NC(=S)NN=C(Cc1ccccc1)Cc1ccccc1. The fourth-order valence-electron chi connectivity index (χ4n) is 2.80. The number of hydrazone groups is 1. The Morgan fingerprint density at radius 3 is 1.85 bits per heavy atom. The molecule has 0 fully saturated rings. The Kier molecular flexibility index (Phi) is 6.72. The lowest BCUT2D eigenvalue weighted by molar-refractivity contribution is 1.00. The van der Waals surface area contributed by atoms with Gasteiger partial charge in [0, 0.05) is 24.2 Å². The number of rotatable bonds is 6. The monoisotopic (exact) mass is 373 g/mol. The van der Waals surface area contributed by atoms with Crippen molar-refractivity contribution in [1.29, 1.82) is 0 Å². The molecular weight excluding hydrogens is 350 g/mol. The van der Waals surface area contributed by atoms with Crippen molar-refractivity contribution in [2.24, 2.45) is 5.10 Å². The summed E-state index contributed by atoms with van der Waals surface area (Å²) in [7, 11) is 0. The van der Waals surface area contributed by atoms with E-state index in [0.29, 0.717) is 5.11 Å². The maximum absolute atomic E-state index is 5.41. The van der Waals surface area contributed by atoms with E-state index in [0.717, 1.165) is 29.8 Å². The van der Waals surface area contributed by atoms with Crippen LogP contribution in [0.3, 0.4) is 0 Å². The highest BCUT2D eigenvalue weighted by Crippen LogP contribution is 2.13. The largest absolute Gasteiger partial charge is 0.331 e. The molecule has 0 spiro atoms. The van der Waals surface area contributed by atoms with Crippen molar-refractivity contribution in [3.05, 3.63) is 102 Å². The van der Waals surface area contributed by atoms with Crippen molar-refractivity contribution in [3.8, 4) is 0 Å². The van der Waals surface area contributed by atoms with Crippen LogP contribution in [0.2, 0.25) is 0 Å². The molecule has 0 radical (unpaired) electrons. The van der Waals surface area contributed by atoms with Crippen molar-refractivity contribution in [3.63, 3.8) is 0 Å². The molecule has 3 aromatic rings. The molecule has 0 saturated heterocycles. The first-order valence-corrected chi connectivity index (χ1v) is 9.37. The van der Waals surface area contributed by atoms with Crippen molar-refractivity contribution < 1.29 is 0 Å².